The highest BCUT2D eigenvalue weighted by Gasteiger charge is 2.17. The molecule has 0 radical (unpaired) electrons. The smallest absolute Gasteiger partial charge is 0.252 e. The molecule has 0 unspecified atom stereocenters. The zero-order valence-corrected chi connectivity index (χ0v) is 19.8. The van der Waals surface area contributed by atoms with E-state index in [0.29, 0.717) is 50.4 Å². The number of unbranched alkanes of at least 4 members (excludes halogenated alkanes) is 1. The summed E-state index contributed by atoms with van der Waals surface area (Å²) >= 11 is 0. The molecule has 11 heteroatoms. The van der Waals surface area contributed by atoms with Gasteiger partial charge in [-0.05, 0) is 65.3 Å². The lowest BCUT2D eigenvalue weighted by atomic mass is 10.1. The number of amides is 3. The molecule has 11 nitrogen and oxygen atoms in total. The van der Waals surface area contributed by atoms with E-state index in [0.717, 1.165) is 18.7 Å². The van der Waals surface area contributed by atoms with Crippen LogP contribution in [-0.4, -0.2) is 67.8 Å². The molecule has 184 valence electrons. The summed E-state index contributed by atoms with van der Waals surface area (Å²) in [5, 5.41) is 12.5. The van der Waals surface area contributed by atoms with E-state index in [9.17, 15) is 14.4 Å². The normalized spacial score (nSPS) is 11.4. The van der Waals surface area contributed by atoms with Gasteiger partial charge in [-0.3, -0.25) is 19.8 Å². The predicted octanol–water partition coefficient (Wildman–Crippen LogP) is 0.776. The minimum absolute atomic E-state index is 0.173. The maximum absolute atomic E-state index is 12.2. The van der Waals surface area contributed by atoms with Crippen molar-refractivity contribution in [1.29, 1.82) is 0 Å². The summed E-state index contributed by atoms with van der Waals surface area (Å²) in [4.78, 5) is 40.0. The first-order valence-corrected chi connectivity index (χ1v) is 11.2. The number of hydrazone groups is 1. The largest absolute Gasteiger partial charge is 0.381 e. The van der Waals surface area contributed by atoms with Gasteiger partial charge in [-0.1, -0.05) is 0 Å². The molecule has 0 saturated heterocycles. The fourth-order valence-corrected chi connectivity index (χ4v) is 2.71. The molecule has 33 heavy (non-hydrogen) atoms. The Balaban J connectivity index is 2.26. The van der Waals surface area contributed by atoms with Crippen molar-refractivity contribution in [3.63, 3.8) is 0 Å². The third-order valence-electron chi connectivity index (χ3n) is 4.49. The number of nitrogens with one attached hydrogen (secondary N) is 4. The maximum atomic E-state index is 12.2. The van der Waals surface area contributed by atoms with Crippen LogP contribution in [0.25, 0.3) is 0 Å². The third-order valence-corrected chi connectivity index (χ3v) is 4.49. The predicted molar refractivity (Wildman–Crippen MR) is 128 cm³/mol. The average molecular weight is 464 g/mol. The van der Waals surface area contributed by atoms with Crippen LogP contribution >= 0.6 is 0 Å². The molecule has 0 aliphatic carbocycles. The molecule has 0 fully saturated rings. The van der Waals surface area contributed by atoms with Crippen molar-refractivity contribution in [2.75, 3.05) is 38.8 Å². The first-order valence-electron chi connectivity index (χ1n) is 11.2. The van der Waals surface area contributed by atoms with Crippen molar-refractivity contribution in [2.24, 2.45) is 10.8 Å². The summed E-state index contributed by atoms with van der Waals surface area (Å²) in [6, 6.07) is 2.60. The number of anilines is 1. The molecule has 3 amide bonds. The van der Waals surface area contributed by atoms with Gasteiger partial charge in [0.1, 0.15) is 11.9 Å². The molecule has 1 heterocycles. The van der Waals surface area contributed by atoms with E-state index in [4.69, 9.17) is 10.5 Å². The number of aromatic nitrogens is 1. The zero-order chi connectivity index (χ0) is 24.5. The van der Waals surface area contributed by atoms with Crippen LogP contribution in [0.2, 0.25) is 0 Å². The van der Waals surface area contributed by atoms with E-state index in [1.807, 2.05) is 20.9 Å². The Hall–Kier alpha value is -3.05. The molecular formula is C22H37N7O4. The van der Waals surface area contributed by atoms with Gasteiger partial charge < -0.3 is 26.4 Å². The van der Waals surface area contributed by atoms with Crippen LogP contribution in [0.15, 0.2) is 23.4 Å². The quantitative estimate of drug-likeness (QED) is 0.130. The zero-order valence-electron chi connectivity index (χ0n) is 19.8. The minimum Gasteiger partial charge on any atom is -0.381 e. The lowest BCUT2D eigenvalue weighted by Gasteiger charge is -2.15. The van der Waals surface area contributed by atoms with Gasteiger partial charge in [0.15, 0.2) is 0 Å². The second-order valence-corrected chi connectivity index (χ2v) is 7.70. The Labute approximate surface area is 195 Å². The van der Waals surface area contributed by atoms with Crippen LogP contribution < -0.4 is 27.1 Å². The second-order valence-electron chi connectivity index (χ2n) is 7.70. The van der Waals surface area contributed by atoms with Crippen molar-refractivity contribution < 1.29 is 19.1 Å². The molecular weight excluding hydrogens is 426 g/mol. The van der Waals surface area contributed by atoms with Crippen LogP contribution in [0.3, 0.4) is 0 Å². The van der Waals surface area contributed by atoms with E-state index in [-0.39, 0.29) is 18.2 Å². The van der Waals surface area contributed by atoms with Gasteiger partial charge in [-0.25, -0.2) is 4.98 Å². The van der Waals surface area contributed by atoms with Gasteiger partial charge >= 0.3 is 0 Å². The molecule has 0 aliphatic heterocycles. The molecule has 0 aromatic carbocycles. The standard InChI is InChI=1S/C22H37N7O4/c1-16(2)28-29-19-9-8-17(15-26-19)22(32)25-12-5-4-7-18(21(23)31)27-20(30)10-14-33-13-6-11-24-3/h8-9,15,18,24H,4-7,10-14H2,1-3H3,(H2,23,31)(H,25,32)(H,26,29)(H,27,30)/t18-/m0/s1. The number of hydrogen-bond donors (Lipinski definition) is 5. The maximum Gasteiger partial charge on any atom is 0.252 e. The highest BCUT2D eigenvalue weighted by molar-refractivity contribution is 5.94. The Morgan fingerprint density at radius 2 is 1.91 bits per heavy atom. The molecule has 0 aliphatic rings. The number of primary amides is 1. The highest BCUT2D eigenvalue weighted by Crippen LogP contribution is 2.06. The fourth-order valence-electron chi connectivity index (χ4n) is 2.71. The SMILES string of the molecule is CNCCCOCCC(=O)N[C@@H](CCCCNC(=O)c1ccc(NN=C(C)C)nc1)C(N)=O. The molecule has 1 atom stereocenters. The molecule has 6 N–H and O–H groups in total. The molecule has 0 bridgehead atoms. The first-order chi connectivity index (χ1) is 15.8. The summed E-state index contributed by atoms with van der Waals surface area (Å²) in [7, 11) is 1.87. The number of carbonyl (C=O) groups is 3. The molecule has 1 aromatic rings. The van der Waals surface area contributed by atoms with Crippen LogP contribution in [0.5, 0.6) is 0 Å². The van der Waals surface area contributed by atoms with Gasteiger partial charge in [0.05, 0.1) is 12.2 Å². The van der Waals surface area contributed by atoms with Crippen molar-refractivity contribution in [2.45, 2.75) is 52.0 Å². The van der Waals surface area contributed by atoms with E-state index in [1.165, 1.54) is 6.20 Å². The summed E-state index contributed by atoms with van der Waals surface area (Å²) in [6.07, 6.45) is 4.17. The number of ether oxygens (including phenoxy) is 1. The van der Waals surface area contributed by atoms with E-state index in [2.05, 4.69) is 31.5 Å². The number of hydrogen-bond acceptors (Lipinski definition) is 8. The van der Waals surface area contributed by atoms with Crippen molar-refractivity contribution >= 4 is 29.3 Å². The summed E-state index contributed by atoms with van der Waals surface area (Å²) in [6.45, 7) is 5.87. The topological polar surface area (TPSA) is 160 Å². The van der Waals surface area contributed by atoms with Gasteiger partial charge in [-0.15, -0.1) is 0 Å². The lowest BCUT2D eigenvalue weighted by Crippen LogP contribution is -2.44. The highest BCUT2D eigenvalue weighted by atomic mass is 16.5. The number of nitrogens with two attached hydrogens (primary N) is 1. The molecule has 0 saturated carbocycles. The van der Waals surface area contributed by atoms with Crippen molar-refractivity contribution in [3.8, 4) is 0 Å². The number of nitrogens with zero attached hydrogens (tertiary/aromatic N) is 2. The van der Waals surface area contributed by atoms with E-state index < -0.39 is 11.9 Å². The molecule has 1 aromatic heterocycles. The molecule has 0 spiro atoms. The van der Waals surface area contributed by atoms with Gasteiger partial charge in [0.2, 0.25) is 11.8 Å². The Kier molecular flexibility index (Phi) is 14.0. The lowest BCUT2D eigenvalue weighted by molar-refractivity contribution is -0.128. The van der Waals surface area contributed by atoms with Crippen LogP contribution in [-0.2, 0) is 14.3 Å². The minimum atomic E-state index is -0.740. The fraction of sp³-hybridized carbons (Fsp3) is 0.591. The van der Waals surface area contributed by atoms with Crippen molar-refractivity contribution in [1.82, 2.24) is 20.9 Å². The summed E-state index contributed by atoms with van der Waals surface area (Å²) in [5.41, 5.74) is 9.50. The Bertz CT molecular complexity index is 765. The summed E-state index contributed by atoms with van der Waals surface area (Å²) in [5.74, 6) is -0.540. The monoisotopic (exact) mass is 463 g/mol. The van der Waals surface area contributed by atoms with E-state index in [1.54, 1.807) is 12.1 Å². The number of carbonyl (C=O) groups excluding carboxylic acids is 3. The average Bonchev–Trinajstić information content (AvgIpc) is 2.79. The first kappa shape index (κ1) is 28.0. The Morgan fingerprint density at radius 3 is 2.55 bits per heavy atom. The van der Waals surface area contributed by atoms with Gasteiger partial charge in [0, 0.05) is 31.5 Å². The Morgan fingerprint density at radius 1 is 1.12 bits per heavy atom. The van der Waals surface area contributed by atoms with Crippen molar-refractivity contribution in [3.05, 3.63) is 23.9 Å². The third kappa shape index (κ3) is 13.2. The van der Waals surface area contributed by atoms with Crippen LogP contribution in [0, 0.1) is 0 Å². The van der Waals surface area contributed by atoms with Gasteiger partial charge in [0.25, 0.3) is 5.91 Å². The number of rotatable bonds is 17. The molecule has 1 rings (SSSR count). The number of pyridine rings is 1. The summed E-state index contributed by atoms with van der Waals surface area (Å²) < 4.78 is 5.38. The second kappa shape index (κ2) is 16.6. The van der Waals surface area contributed by atoms with Crippen LogP contribution in [0.4, 0.5) is 5.82 Å². The van der Waals surface area contributed by atoms with E-state index >= 15 is 0 Å². The van der Waals surface area contributed by atoms with Crippen LogP contribution in [0.1, 0.15) is 56.3 Å². The van der Waals surface area contributed by atoms with Gasteiger partial charge in [-0.2, -0.15) is 5.10 Å².